The topological polar surface area (TPSA) is 177 Å². The highest BCUT2D eigenvalue weighted by Crippen LogP contribution is 2.23. The van der Waals surface area contributed by atoms with Crippen LogP contribution in [-0.2, 0) is 33.1 Å². The molecule has 6 aromatic rings. The third-order valence-corrected chi connectivity index (χ3v) is 9.31. The lowest BCUT2D eigenvalue weighted by atomic mass is 10.2. The molecule has 48 heavy (non-hydrogen) atoms. The molecule has 6 rings (SSSR count). The molecule has 16 heteroatoms. The Hall–Kier alpha value is -5.42. The smallest absolute Gasteiger partial charge is 0.263 e. The van der Waals surface area contributed by atoms with Gasteiger partial charge in [-0.05, 0) is 71.8 Å². The van der Waals surface area contributed by atoms with Crippen molar-refractivity contribution < 1.29 is 26.3 Å². The summed E-state index contributed by atoms with van der Waals surface area (Å²) < 4.78 is 63.8. The minimum Gasteiger partial charge on any atom is -0.497 e. The van der Waals surface area contributed by atoms with Gasteiger partial charge in [0.1, 0.15) is 11.5 Å². The first-order chi connectivity index (χ1) is 23.1. The fraction of sp³-hybridized carbons (Fsp3) is 0.125. The molecular weight excluding hydrogens is 657 g/mol. The zero-order chi connectivity index (χ0) is 34.1. The van der Waals surface area contributed by atoms with E-state index in [0.717, 1.165) is 11.1 Å². The number of methoxy groups -OCH3 is 2. The van der Waals surface area contributed by atoms with E-state index in [4.69, 9.17) is 14.6 Å². The molecule has 4 aromatic heterocycles. The molecule has 0 aliphatic heterocycles. The van der Waals surface area contributed by atoms with Crippen molar-refractivity contribution in [1.82, 2.24) is 33.8 Å². The number of pyridine rings is 2. The first kappa shape index (κ1) is 33.9. The largest absolute Gasteiger partial charge is 0.497 e. The number of aromatic nitrogens is 6. The summed E-state index contributed by atoms with van der Waals surface area (Å²) in [6, 6.07) is 28.0. The normalized spacial score (nSPS) is 11.5. The number of sulfonamides is 2. The van der Waals surface area contributed by atoms with Gasteiger partial charge in [0, 0.05) is 37.9 Å². The fourth-order valence-corrected chi connectivity index (χ4v) is 6.14. The predicted molar refractivity (Wildman–Crippen MR) is 177 cm³/mol. The van der Waals surface area contributed by atoms with Crippen LogP contribution in [-0.4, -0.2) is 64.9 Å². The second kappa shape index (κ2) is 15.0. The molecule has 14 nitrogen and oxygen atoms in total. The predicted octanol–water partition coefficient (Wildman–Crippen LogP) is 3.59. The molecule has 0 unspecified atom stereocenters. The Morgan fingerprint density at radius 3 is 1.44 bits per heavy atom. The third-order valence-electron chi connectivity index (χ3n) is 6.83. The van der Waals surface area contributed by atoms with E-state index < -0.39 is 20.0 Å². The molecule has 2 aromatic carbocycles. The van der Waals surface area contributed by atoms with Crippen LogP contribution in [0.1, 0.15) is 11.1 Å². The molecule has 0 atom stereocenters. The van der Waals surface area contributed by atoms with Crippen LogP contribution >= 0.6 is 0 Å². The maximum atomic E-state index is 13.6. The average molecular weight is 689 g/mol. The van der Waals surface area contributed by atoms with E-state index in [2.05, 4.69) is 20.2 Å². The van der Waals surface area contributed by atoms with Crippen molar-refractivity contribution in [3.8, 4) is 23.1 Å². The average Bonchev–Trinajstić information content (AvgIpc) is 3.82. The van der Waals surface area contributed by atoms with E-state index in [-0.39, 0.29) is 23.1 Å². The van der Waals surface area contributed by atoms with E-state index in [9.17, 15) is 16.8 Å². The molecule has 2 N–H and O–H groups in total. The van der Waals surface area contributed by atoms with Crippen LogP contribution in [0.25, 0.3) is 11.6 Å². The fourth-order valence-electron chi connectivity index (χ4n) is 4.36. The minimum absolute atomic E-state index is 0.0461. The number of rotatable bonds is 11. The maximum Gasteiger partial charge on any atom is 0.263 e. The lowest BCUT2D eigenvalue weighted by molar-refractivity contribution is 0.395. The molecular formula is C32H32N8O6S2. The summed E-state index contributed by atoms with van der Waals surface area (Å²) in [5.74, 6) is 2.48. The van der Waals surface area contributed by atoms with Gasteiger partial charge >= 0.3 is 0 Å². The Morgan fingerprint density at radius 2 is 1.06 bits per heavy atom. The van der Waals surface area contributed by atoms with Crippen LogP contribution < -0.4 is 14.6 Å². The van der Waals surface area contributed by atoms with Gasteiger partial charge < -0.3 is 9.47 Å². The summed E-state index contributed by atoms with van der Waals surface area (Å²) in [6.45, 7) is 0.351. The van der Waals surface area contributed by atoms with Crippen molar-refractivity contribution in [3.05, 3.63) is 133 Å². The Balaban J connectivity index is 0.000000250. The molecule has 0 saturated carbocycles. The summed E-state index contributed by atoms with van der Waals surface area (Å²) >= 11 is 0. The number of benzene rings is 2. The standard InChI is InChI=1S/C24H24N4O4S.C8H8N4O2S/c1-31-21-10-6-19(7-11-21)17-27(18-20-8-12-22(32-2)13-9-20)33(29,30)24-14-16-28(26-24)23-5-3-4-15-25-23;9-15(13,14)8-4-6-12(11-8)7-3-1-2-5-10-7/h3-16H,17-18H2,1-2H3;1-6H,(H2,9,13,14). The summed E-state index contributed by atoms with van der Waals surface area (Å²) in [6.07, 6.45) is 6.30. The second-order valence-electron chi connectivity index (χ2n) is 10.1. The van der Waals surface area contributed by atoms with Crippen LogP contribution in [0.15, 0.2) is 132 Å². The number of nitrogens with zero attached hydrogens (tertiary/aromatic N) is 7. The van der Waals surface area contributed by atoms with E-state index in [1.165, 1.54) is 32.0 Å². The van der Waals surface area contributed by atoms with Gasteiger partial charge in [0.05, 0.1) is 14.2 Å². The van der Waals surface area contributed by atoms with Crippen molar-refractivity contribution in [2.45, 2.75) is 23.1 Å². The zero-order valence-electron chi connectivity index (χ0n) is 25.9. The molecule has 4 heterocycles. The Kier molecular flexibility index (Phi) is 10.6. The SMILES string of the molecule is COc1ccc(CN(Cc2ccc(OC)cc2)S(=O)(=O)c2ccn(-c3ccccn3)n2)cc1.NS(=O)(=O)c1ccn(-c2ccccn2)n1. The lowest BCUT2D eigenvalue weighted by Gasteiger charge is -2.21. The molecule has 248 valence electrons. The van der Waals surface area contributed by atoms with E-state index >= 15 is 0 Å². The van der Waals surface area contributed by atoms with Crippen molar-refractivity contribution in [2.24, 2.45) is 5.14 Å². The molecule has 0 aliphatic carbocycles. The van der Waals surface area contributed by atoms with E-state index in [1.807, 2.05) is 54.6 Å². The number of nitrogens with two attached hydrogens (primary N) is 1. The van der Waals surface area contributed by atoms with Crippen LogP contribution in [0.5, 0.6) is 11.5 Å². The van der Waals surface area contributed by atoms with Gasteiger partial charge in [-0.15, -0.1) is 0 Å². The van der Waals surface area contributed by atoms with Crippen molar-refractivity contribution in [1.29, 1.82) is 0 Å². The first-order valence-corrected chi connectivity index (χ1v) is 17.3. The third kappa shape index (κ3) is 8.48. The van der Waals surface area contributed by atoms with Crippen molar-refractivity contribution in [3.63, 3.8) is 0 Å². The summed E-state index contributed by atoms with van der Waals surface area (Å²) in [7, 11) is -4.47. The van der Waals surface area contributed by atoms with Crippen LogP contribution in [0.3, 0.4) is 0 Å². The minimum atomic E-state index is -3.90. The van der Waals surface area contributed by atoms with Gasteiger partial charge in [-0.2, -0.15) is 14.5 Å². The molecule has 0 aliphatic rings. The highest BCUT2D eigenvalue weighted by molar-refractivity contribution is 7.89. The monoisotopic (exact) mass is 688 g/mol. The summed E-state index contributed by atoms with van der Waals surface area (Å²) in [5.41, 5.74) is 1.66. The van der Waals surface area contributed by atoms with E-state index in [1.54, 1.807) is 63.1 Å². The van der Waals surface area contributed by atoms with Crippen LogP contribution in [0.4, 0.5) is 0 Å². The van der Waals surface area contributed by atoms with Gasteiger partial charge in [-0.1, -0.05) is 36.4 Å². The number of ether oxygens (including phenoxy) is 2. The first-order valence-electron chi connectivity index (χ1n) is 14.3. The molecule has 0 radical (unpaired) electrons. The van der Waals surface area contributed by atoms with Gasteiger partial charge in [0.2, 0.25) is 0 Å². The maximum absolute atomic E-state index is 13.6. The molecule has 0 amide bonds. The van der Waals surface area contributed by atoms with Crippen LogP contribution in [0.2, 0.25) is 0 Å². The van der Waals surface area contributed by atoms with Gasteiger partial charge in [-0.25, -0.2) is 41.3 Å². The molecule has 0 saturated heterocycles. The molecule has 0 bridgehead atoms. The van der Waals surface area contributed by atoms with E-state index in [0.29, 0.717) is 23.1 Å². The summed E-state index contributed by atoms with van der Waals surface area (Å²) in [5, 5.41) is 12.8. The number of primary sulfonamides is 1. The second-order valence-corrected chi connectivity index (χ2v) is 13.5. The zero-order valence-corrected chi connectivity index (χ0v) is 27.6. The highest BCUT2D eigenvalue weighted by Gasteiger charge is 2.28. The Bertz CT molecular complexity index is 2090. The number of hydrogen-bond acceptors (Lipinski definition) is 10. The lowest BCUT2D eigenvalue weighted by Crippen LogP contribution is -2.30. The van der Waals surface area contributed by atoms with Gasteiger partial charge in [0.25, 0.3) is 20.0 Å². The number of hydrogen-bond donors (Lipinski definition) is 1. The van der Waals surface area contributed by atoms with Gasteiger partial charge in [0.15, 0.2) is 21.7 Å². The highest BCUT2D eigenvalue weighted by atomic mass is 32.2. The van der Waals surface area contributed by atoms with Gasteiger partial charge in [-0.3, -0.25) is 0 Å². The molecule has 0 fully saturated rings. The summed E-state index contributed by atoms with van der Waals surface area (Å²) in [4.78, 5) is 8.23. The Morgan fingerprint density at radius 1 is 0.625 bits per heavy atom. The van der Waals surface area contributed by atoms with Crippen molar-refractivity contribution >= 4 is 20.0 Å². The quantitative estimate of drug-likeness (QED) is 0.212. The van der Waals surface area contributed by atoms with Crippen LogP contribution in [0, 0.1) is 0 Å². The molecule has 0 spiro atoms. The van der Waals surface area contributed by atoms with Crippen molar-refractivity contribution in [2.75, 3.05) is 14.2 Å². The Labute approximate surface area is 278 Å².